The predicted molar refractivity (Wildman–Crippen MR) is 113 cm³/mol. The molecule has 1 N–H and O–H groups in total. The molecule has 0 aromatic carbocycles. The van der Waals surface area contributed by atoms with Crippen molar-refractivity contribution in [3.8, 4) is 17.1 Å². The molecule has 0 spiro atoms. The molecule has 9 nitrogen and oxygen atoms in total. The number of fused-ring (bicyclic) bond motifs is 1. The minimum atomic E-state index is 0.235. The van der Waals surface area contributed by atoms with Gasteiger partial charge in [0.05, 0.1) is 36.3 Å². The van der Waals surface area contributed by atoms with Gasteiger partial charge in [-0.15, -0.1) is 10.2 Å². The van der Waals surface area contributed by atoms with Crippen LogP contribution in [0.3, 0.4) is 0 Å². The summed E-state index contributed by atoms with van der Waals surface area (Å²) in [4.78, 5) is 9.21. The summed E-state index contributed by atoms with van der Waals surface area (Å²) in [6.45, 7) is 8.91. The Kier molecular flexibility index (Phi) is 5.60. The summed E-state index contributed by atoms with van der Waals surface area (Å²) in [5.74, 6) is 1.61. The maximum Gasteiger partial charge on any atom is 0.235 e. The van der Waals surface area contributed by atoms with E-state index in [2.05, 4.69) is 39.4 Å². The first-order valence-corrected chi connectivity index (χ1v) is 10.1. The van der Waals surface area contributed by atoms with Crippen LogP contribution in [-0.4, -0.2) is 36.6 Å². The molecule has 0 fully saturated rings. The standard InChI is InChI=1S/C21H25N7O2/c1-5-13(3)28-20-17(23-12-19-27-26-14(4)30-19)10-16(25-18(20)11-24-28)15-8-7-9-22-21(15)29-6-2/h7-11,13H,5-6,12H2,1-4H3,(H,23,25)/t13-/m0/s1. The van der Waals surface area contributed by atoms with Crippen LogP contribution < -0.4 is 10.1 Å². The highest BCUT2D eigenvalue weighted by Gasteiger charge is 2.18. The van der Waals surface area contributed by atoms with Crippen molar-refractivity contribution in [1.82, 2.24) is 29.9 Å². The predicted octanol–water partition coefficient (Wildman–Crippen LogP) is 4.17. The second-order valence-electron chi connectivity index (χ2n) is 6.99. The van der Waals surface area contributed by atoms with E-state index in [1.54, 1.807) is 19.3 Å². The third kappa shape index (κ3) is 3.83. The van der Waals surface area contributed by atoms with Crippen LogP contribution in [0.15, 0.2) is 35.0 Å². The van der Waals surface area contributed by atoms with Crippen LogP contribution in [0.25, 0.3) is 22.3 Å². The van der Waals surface area contributed by atoms with E-state index < -0.39 is 0 Å². The van der Waals surface area contributed by atoms with Crippen LogP contribution >= 0.6 is 0 Å². The van der Waals surface area contributed by atoms with Crippen LogP contribution in [0.4, 0.5) is 5.69 Å². The Morgan fingerprint density at radius 2 is 2.13 bits per heavy atom. The van der Waals surface area contributed by atoms with Crippen LogP contribution in [0.1, 0.15) is 45.0 Å². The second-order valence-corrected chi connectivity index (χ2v) is 6.99. The van der Waals surface area contributed by atoms with Crippen molar-refractivity contribution in [1.29, 1.82) is 0 Å². The van der Waals surface area contributed by atoms with Gasteiger partial charge in [-0.25, -0.2) is 9.97 Å². The minimum Gasteiger partial charge on any atom is -0.477 e. The third-order valence-electron chi connectivity index (χ3n) is 4.89. The fourth-order valence-corrected chi connectivity index (χ4v) is 3.26. The lowest BCUT2D eigenvalue weighted by molar-refractivity contribution is 0.328. The highest BCUT2D eigenvalue weighted by Crippen LogP contribution is 2.33. The maximum absolute atomic E-state index is 5.71. The first-order chi connectivity index (χ1) is 14.6. The van der Waals surface area contributed by atoms with Gasteiger partial charge in [-0.05, 0) is 38.5 Å². The summed E-state index contributed by atoms with van der Waals surface area (Å²) >= 11 is 0. The van der Waals surface area contributed by atoms with Crippen molar-refractivity contribution < 1.29 is 9.15 Å². The summed E-state index contributed by atoms with van der Waals surface area (Å²) in [7, 11) is 0. The average molecular weight is 407 g/mol. The van der Waals surface area contributed by atoms with Gasteiger partial charge in [-0.1, -0.05) is 6.92 Å². The summed E-state index contributed by atoms with van der Waals surface area (Å²) in [6, 6.07) is 6.06. The van der Waals surface area contributed by atoms with Gasteiger partial charge >= 0.3 is 0 Å². The molecule has 1 atom stereocenters. The smallest absolute Gasteiger partial charge is 0.235 e. The zero-order valence-corrected chi connectivity index (χ0v) is 17.6. The fraction of sp³-hybridized carbons (Fsp3) is 0.381. The fourth-order valence-electron chi connectivity index (χ4n) is 3.26. The third-order valence-corrected chi connectivity index (χ3v) is 4.89. The lowest BCUT2D eigenvalue weighted by Crippen LogP contribution is -2.09. The van der Waals surface area contributed by atoms with Crippen LogP contribution in [0.5, 0.6) is 5.88 Å². The Morgan fingerprint density at radius 3 is 2.87 bits per heavy atom. The lowest BCUT2D eigenvalue weighted by atomic mass is 10.1. The van der Waals surface area contributed by atoms with Crippen LogP contribution in [0.2, 0.25) is 0 Å². The Morgan fingerprint density at radius 1 is 1.27 bits per heavy atom. The van der Waals surface area contributed by atoms with Gasteiger partial charge in [0.15, 0.2) is 0 Å². The normalized spacial score (nSPS) is 12.3. The first kappa shape index (κ1) is 19.8. The number of nitrogens with one attached hydrogen (secondary N) is 1. The number of aromatic nitrogens is 6. The number of hydrogen-bond donors (Lipinski definition) is 1. The topological polar surface area (TPSA) is 104 Å². The molecule has 156 valence electrons. The number of anilines is 1. The largest absolute Gasteiger partial charge is 0.477 e. The number of aryl methyl sites for hydroxylation is 1. The number of pyridine rings is 2. The zero-order valence-electron chi connectivity index (χ0n) is 17.6. The van der Waals surface area contributed by atoms with E-state index in [0.29, 0.717) is 30.8 Å². The van der Waals surface area contributed by atoms with Crippen molar-refractivity contribution in [2.45, 2.75) is 46.7 Å². The molecule has 0 bridgehead atoms. The van der Waals surface area contributed by atoms with Gasteiger partial charge in [0, 0.05) is 19.2 Å². The number of rotatable bonds is 8. The molecule has 0 unspecified atom stereocenters. The molecule has 30 heavy (non-hydrogen) atoms. The van der Waals surface area contributed by atoms with E-state index in [-0.39, 0.29) is 6.04 Å². The Bertz CT molecular complexity index is 1150. The molecule has 9 heteroatoms. The van der Waals surface area contributed by atoms with Crippen molar-refractivity contribution in [2.24, 2.45) is 0 Å². The van der Waals surface area contributed by atoms with Crippen LogP contribution in [-0.2, 0) is 6.54 Å². The molecule has 0 amide bonds. The minimum absolute atomic E-state index is 0.235. The molecule has 0 saturated heterocycles. The summed E-state index contributed by atoms with van der Waals surface area (Å²) in [6.07, 6.45) is 4.46. The SMILES string of the molecule is CCOc1ncccc1-c1cc(NCc2nnc(C)o2)c2c(cnn2[C@@H](C)CC)n1. The summed E-state index contributed by atoms with van der Waals surface area (Å²) in [5.41, 5.74) is 4.20. The molecular weight excluding hydrogens is 382 g/mol. The molecule has 0 radical (unpaired) electrons. The summed E-state index contributed by atoms with van der Waals surface area (Å²) in [5, 5.41) is 16.0. The van der Waals surface area contributed by atoms with Crippen molar-refractivity contribution >= 4 is 16.7 Å². The number of hydrogen-bond acceptors (Lipinski definition) is 8. The molecule has 0 aliphatic heterocycles. The Labute approximate surface area is 174 Å². The van der Waals surface area contributed by atoms with Gasteiger partial charge < -0.3 is 14.5 Å². The van der Waals surface area contributed by atoms with E-state index in [1.807, 2.05) is 29.8 Å². The maximum atomic E-state index is 5.71. The van der Waals surface area contributed by atoms with Gasteiger partial charge in [0.25, 0.3) is 0 Å². The van der Waals surface area contributed by atoms with Gasteiger partial charge in [-0.2, -0.15) is 5.10 Å². The number of nitrogens with zero attached hydrogens (tertiary/aromatic N) is 6. The van der Waals surface area contributed by atoms with Crippen LogP contribution in [0, 0.1) is 6.92 Å². The molecule has 4 heterocycles. The van der Waals surface area contributed by atoms with E-state index in [4.69, 9.17) is 14.1 Å². The molecule has 4 aromatic rings. The van der Waals surface area contributed by atoms with E-state index in [9.17, 15) is 0 Å². The van der Waals surface area contributed by atoms with Gasteiger partial charge in [-0.3, -0.25) is 4.68 Å². The Hall–Kier alpha value is -3.49. The second kappa shape index (κ2) is 8.48. The molecule has 0 aliphatic carbocycles. The van der Waals surface area contributed by atoms with Gasteiger partial charge in [0.1, 0.15) is 11.0 Å². The number of ether oxygens (including phenoxy) is 1. The zero-order chi connectivity index (χ0) is 21.1. The molecular formula is C21H25N7O2. The highest BCUT2D eigenvalue weighted by molar-refractivity contribution is 5.91. The van der Waals surface area contributed by atoms with Gasteiger partial charge in [0.2, 0.25) is 17.7 Å². The highest BCUT2D eigenvalue weighted by atomic mass is 16.5. The van der Waals surface area contributed by atoms with E-state index in [1.165, 1.54) is 0 Å². The average Bonchev–Trinajstić information content (AvgIpc) is 3.38. The van der Waals surface area contributed by atoms with Crippen molar-refractivity contribution in [2.75, 3.05) is 11.9 Å². The monoisotopic (exact) mass is 407 g/mol. The quantitative estimate of drug-likeness (QED) is 0.464. The van der Waals surface area contributed by atoms with E-state index >= 15 is 0 Å². The molecule has 0 saturated carbocycles. The molecule has 4 aromatic heterocycles. The molecule has 4 rings (SSSR count). The molecule has 0 aliphatic rings. The van der Waals surface area contributed by atoms with Crippen molar-refractivity contribution in [3.63, 3.8) is 0 Å². The summed E-state index contributed by atoms with van der Waals surface area (Å²) < 4.78 is 13.2. The lowest BCUT2D eigenvalue weighted by Gasteiger charge is -2.15. The van der Waals surface area contributed by atoms with Crippen molar-refractivity contribution in [3.05, 3.63) is 42.4 Å². The van der Waals surface area contributed by atoms with E-state index in [0.717, 1.165) is 34.4 Å². The Balaban J connectivity index is 1.82. The first-order valence-electron chi connectivity index (χ1n) is 10.1.